The molecule has 7 heteroatoms. The maximum absolute atomic E-state index is 11.6. The van der Waals surface area contributed by atoms with Gasteiger partial charge in [0.1, 0.15) is 5.75 Å². The predicted octanol–water partition coefficient (Wildman–Crippen LogP) is 0.301. The molecule has 7 nitrogen and oxygen atoms in total. The summed E-state index contributed by atoms with van der Waals surface area (Å²) in [4.78, 5) is 22.5. The number of aromatic hydroxyl groups is 1. The fourth-order valence-corrected chi connectivity index (χ4v) is 1.13. The summed E-state index contributed by atoms with van der Waals surface area (Å²) in [5.74, 6) is -1.54. The highest BCUT2D eigenvalue weighted by atomic mass is 16.5. The van der Waals surface area contributed by atoms with Crippen molar-refractivity contribution in [3.05, 3.63) is 29.8 Å². The van der Waals surface area contributed by atoms with E-state index in [1.165, 1.54) is 29.7 Å². The van der Waals surface area contributed by atoms with Crippen molar-refractivity contribution in [1.29, 1.82) is 0 Å². The molecular weight excluding hydrogens is 228 g/mol. The quantitative estimate of drug-likeness (QED) is 0.198. The number of hydrogen-bond acceptors (Lipinski definition) is 6. The van der Waals surface area contributed by atoms with Gasteiger partial charge in [0.2, 0.25) is 0 Å². The summed E-state index contributed by atoms with van der Waals surface area (Å²) in [6, 6.07) is 5.36. The van der Waals surface area contributed by atoms with E-state index in [4.69, 9.17) is 15.5 Å². The molecule has 0 spiro atoms. The van der Waals surface area contributed by atoms with Crippen LogP contribution in [0.4, 0.5) is 0 Å². The standard InChI is InChI=1S/C10H10N2O5/c13-7-3-1-6(2-4-7)9(14)5-8(11-16)10(15)12-17/h1-4,13,16-17H,5H2,(H,12,15)/b11-8+. The molecule has 1 aromatic carbocycles. The number of nitrogens with zero attached hydrogens (tertiary/aromatic N) is 1. The number of phenolic OH excluding ortho intramolecular Hbond substituents is 1. The molecule has 0 saturated carbocycles. The van der Waals surface area contributed by atoms with Crippen LogP contribution in [0.5, 0.6) is 5.75 Å². The summed E-state index contributed by atoms with van der Waals surface area (Å²) in [6.45, 7) is 0. The summed E-state index contributed by atoms with van der Waals surface area (Å²) in [7, 11) is 0. The Balaban J connectivity index is 2.78. The zero-order chi connectivity index (χ0) is 12.8. The smallest absolute Gasteiger partial charge is 0.292 e. The number of phenols is 1. The predicted molar refractivity (Wildman–Crippen MR) is 56.2 cm³/mol. The second-order valence-electron chi connectivity index (χ2n) is 3.13. The van der Waals surface area contributed by atoms with Crippen molar-refractivity contribution in [1.82, 2.24) is 5.48 Å². The Labute approximate surface area is 96.0 Å². The molecule has 0 saturated heterocycles. The lowest BCUT2D eigenvalue weighted by atomic mass is 10.1. The highest BCUT2D eigenvalue weighted by Crippen LogP contribution is 2.11. The van der Waals surface area contributed by atoms with Crippen LogP contribution < -0.4 is 5.48 Å². The molecule has 0 aliphatic heterocycles. The van der Waals surface area contributed by atoms with E-state index in [-0.39, 0.29) is 11.3 Å². The number of rotatable bonds is 4. The van der Waals surface area contributed by atoms with Crippen LogP contribution in [0.15, 0.2) is 29.4 Å². The number of carbonyl (C=O) groups excluding carboxylic acids is 2. The lowest BCUT2D eigenvalue weighted by Crippen LogP contribution is -2.29. The minimum atomic E-state index is -1.06. The van der Waals surface area contributed by atoms with Crippen LogP contribution in [-0.4, -0.2) is 32.9 Å². The molecule has 0 atom stereocenters. The third kappa shape index (κ3) is 3.28. The molecule has 1 aromatic rings. The Morgan fingerprint density at radius 3 is 2.29 bits per heavy atom. The first kappa shape index (κ1) is 12.7. The Kier molecular flexibility index (Phi) is 4.18. The summed E-state index contributed by atoms with van der Waals surface area (Å²) < 4.78 is 0. The van der Waals surface area contributed by atoms with Crippen LogP contribution in [0, 0.1) is 0 Å². The number of benzene rings is 1. The lowest BCUT2D eigenvalue weighted by Gasteiger charge is -2.02. The van der Waals surface area contributed by atoms with E-state index in [0.717, 1.165) is 0 Å². The van der Waals surface area contributed by atoms with E-state index >= 15 is 0 Å². The fraction of sp³-hybridized carbons (Fsp3) is 0.100. The lowest BCUT2D eigenvalue weighted by molar-refractivity contribution is -0.122. The van der Waals surface area contributed by atoms with Gasteiger partial charge >= 0.3 is 0 Å². The third-order valence-corrected chi connectivity index (χ3v) is 2.00. The average molecular weight is 238 g/mol. The topological polar surface area (TPSA) is 119 Å². The Morgan fingerprint density at radius 1 is 1.24 bits per heavy atom. The molecular formula is C10H10N2O5. The van der Waals surface area contributed by atoms with Gasteiger partial charge in [-0.05, 0) is 24.3 Å². The van der Waals surface area contributed by atoms with Crippen molar-refractivity contribution < 1.29 is 25.1 Å². The largest absolute Gasteiger partial charge is 0.508 e. The van der Waals surface area contributed by atoms with Gasteiger partial charge in [0, 0.05) is 5.56 Å². The van der Waals surface area contributed by atoms with Gasteiger partial charge in [0.05, 0.1) is 6.42 Å². The molecule has 90 valence electrons. The molecule has 0 fully saturated rings. The van der Waals surface area contributed by atoms with E-state index < -0.39 is 23.8 Å². The van der Waals surface area contributed by atoms with Crippen molar-refractivity contribution in [2.45, 2.75) is 6.42 Å². The molecule has 0 aliphatic rings. The number of hydroxylamine groups is 1. The number of Topliss-reactive ketones (excluding diaryl/α,β-unsaturated/α-hetero) is 1. The molecule has 4 N–H and O–H groups in total. The van der Waals surface area contributed by atoms with Gasteiger partial charge in [0.25, 0.3) is 5.91 Å². The third-order valence-electron chi connectivity index (χ3n) is 2.00. The first-order valence-electron chi connectivity index (χ1n) is 4.56. The number of carbonyl (C=O) groups is 2. The number of oxime groups is 1. The second kappa shape index (κ2) is 5.61. The normalized spacial score (nSPS) is 11.0. The van der Waals surface area contributed by atoms with Crippen LogP contribution in [0.25, 0.3) is 0 Å². The molecule has 0 radical (unpaired) electrons. The minimum absolute atomic E-state index is 0.00528. The monoisotopic (exact) mass is 238 g/mol. The minimum Gasteiger partial charge on any atom is -0.508 e. The van der Waals surface area contributed by atoms with Crippen molar-refractivity contribution in [3.63, 3.8) is 0 Å². The SMILES string of the molecule is O=C(NO)/C(CC(=O)c1ccc(O)cc1)=N/O. The maximum atomic E-state index is 11.6. The molecule has 0 bridgehead atoms. The van der Waals surface area contributed by atoms with Gasteiger partial charge in [-0.3, -0.25) is 14.8 Å². The van der Waals surface area contributed by atoms with Crippen molar-refractivity contribution >= 4 is 17.4 Å². The molecule has 1 rings (SSSR count). The molecule has 0 aliphatic carbocycles. The zero-order valence-corrected chi connectivity index (χ0v) is 8.62. The highest BCUT2D eigenvalue weighted by Gasteiger charge is 2.17. The summed E-state index contributed by atoms with van der Waals surface area (Å²) in [6.07, 6.45) is -0.465. The summed E-state index contributed by atoms with van der Waals surface area (Å²) in [5.41, 5.74) is 0.996. The number of hydrogen-bond donors (Lipinski definition) is 4. The van der Waals surface area contributed by atoms with Gasteiger partial charge < -0.3 is 10.3 Å². The Morgan fingerprint density at radius 2 is 1.82 bits per heavy atom. The summed E-state index contributed by atoms with van der Waals surface area (Å²) >= 11 is 0. The molecule has 0 unspecified atom stereocenters. The molecule has 17 heavy (non-hydrogen) atoms. The van der Waals surface area contributed by atoms with Crippen LogP contribution in [-0.2, 0) is 4.79 Å². The van der Waals surface area contributed by atoms with Crippen LogP contribution in [0.1, 0.15) is 16.8 Å². The van der Waals surface area contributed by atoms with E-state index in [1.807, 2.05) is 0 Å². The molecule has 0 heterocycles. The fourth-order valence-electron chi connectivity index (χ4n) is 1.13. The molecule has 0 aromatic heterocycles. The maximum Gasteiger partial charge on any atom is 0.292 e. The van der Waals surface area contributed by atoms with Crippen molar-refractivity contribution in [2.75, 3.05) is 0 Å². The second-order valence-corrected chi connectivity index (χ2v) is 3.13. The number of nitrogens with one attached hydrogen (secondary N) is 1. The molecule has 1 amide bonds. The first-order chi connectivity index (χ1) is 8.08. The van der Waals surface area contributed by atoms with Crippen molar-refractivity contribution in [3.8, 4) is 5.75 Å². The van der Waals surface area contributed by atoms with Crippen LogP contribution >= 0.6 is 0 Å². The van der Waals surface area contributed by atoms with Crippen molar-refractivity contribution in [2.24, 2.45) is 5.16 Å². The van der Waals surface area contributed by atoms with Crippen LogP contribution in [0.3, 0.4) is 0 Å². The number of amides is 1. The van der Waals surface area contributed by atoms with Gasteiger partial charge in [-0.25, -0.2) is 5.48 Å². The Bertz CT molecular complexity index is 452. The van der Waals surface area contributed by atoms with Gasteiger partial charge in [0.15, 0.2) is 11.5 Å². The van der Waals surface area contributed by atoms with Gasteiger partial charge in [-0.2, -0.15) is 0 Å². The average Bonchev–Trinajstić information content (AvgIpc) is 2.35. The highest BCUT2D eigenvalue weighted by molar-refractivity contribution is 6.42. The first-order valence-corrected chi connectivity index (χ1v) is 4.56. The Hall–Kier alpha value is -2.41. The number of ketones is 1. The van der Waals surface area contributed by atoms with Gasteiger partial charge in [-0.15, -0.1) is 0 Å². The van der Waals surface area contributed by atoms with Gasteiger partial charge in [-0.1, -0.05) is 5.16 Å². The summed E-state index contributed by atoms with van der Waals surface area (Å²) in [5, 5.41) is 28.4. The van der Waals surface area contributed by atoms with E-state index in [0.29, 0.717) is 0 Å². The van der Waals surface area contributed by atoms with E-state index in [2.05, 4.69) is 5.16 Å². The van der Waals surface area contributed by atoms with E-state index in [1.54, 1.807) is 0 Å². The van der Waals surface area contributed by atoms with E-state index in [9.17, 15) is 9.59 Å². The zero-order valence-electron chi connectivity index (χ0n) is 8.62. The van der Waals surface area contributed by atoms with Crippen LogP contribution in [0.2, 0.25) is 0 Å².